The highest BCUT2D eigenvalue weighted by Gasteiger charge is 2.19. The first kappa shape index (κ1) is 10.8. The van der Waals surface area contributed by atoms with Gasteiger partial charge in [-0.1, -0.05) is 43.0 Å². The molecular formula is C16H12O2. The van der Waals surface area contributed by atoms with Crippen molar-refractivity contribution in [1.29, 1.82) is 0 Å². The Morgan fingerprint density at radius 2 is 1.78 bits per heavy atom. The molecule has 2 aromatic carbocycles. The van der Waals surface area contributed by atoms with Crippen molar-refractivity contribution in [2.24, 2.45) is 0 Å². The van der Waals surface area contributed by atoms with Gasteiger partial charge in [0.1, 0.15) is 0 Å². The highest BCUT2D eigenvalue weighted by atomic mass is 16.4. The molecule has 0 saturated heterocycles. The van der Waals surface area contributed by atoms with E-state index in [1.807, 2.05) is 30.3 Å². The minimum atomic E-state index is -0.967. The minimum absolute atomic E-state index is 0.147. The topological polar surface area (TPSA) is 37.3 Å². The van der Waals surface area contributed by atoms with Crippen LogP contribution in [0.3, 0.4) is 0 Å². The second kappa shape index (κ2) is 3.84. The van der Waals surface area contributed by atoms with Crippen LogP contribution in [0.5, 0.6) is 0 Å². The van der Waals surface area contributed by atoms with Gasteiger partial charge in [-0.05, 0) is 40.3 Å². The van der Waals surface area contributed by atoms with E-state index in [0.29, 0.717) is 5.56 Å². The van der Waals surface area contributed by atoms with Crippen LogP contribution in [0, 0.1) is 0 Å². The summed E-state index contributed by atoms with van der Waals surface area (Å²) in [6, 6.07) is 14.0. The second-order valence-electron chi connectivity index (χ2n) is 4.49. The lowest BCUT2D eigenvalue weighted by Gasteiger charge is -2.05. The number of aliphatic carboxylic acids is 1. The van der Waals surface area contributed by atoms with E-state index < -0.39 is 5.97 Å². The molecule has 2 nitrogen and oxygen atoms in total. The van der Waals surface area contributed by atoms with Gasteiger partial charge in [-0.3, -0.25) is 0 Å². The Labute approximate surface area is 105 Å². The predicted molar refractivity (Wildman–Crippen MR) is 71.4 cm³/mol. The van der Waals surface area contributed by atoms with Crippen LogP contribution in [0.25, 0.3) is 16.7 Å². The summed E-state index contributed by atoms with van der Waals surface area (Å²) in [7, 11) is 0. The van der Waals surface area contributed by atoms with Gasteiger partial charge >= 0.3 is 5.97 Å². The molecule has 1 aliphatic rings. The van der Waals surface area contributed by atoms with Gasteiger partial charge in [0.25, 0.3) is 0 Å². The maximum Gasteiger partial charge on any atom is 0.335 e. The standard InChI is InChI=1S/C16H12O2/c1-10(16(17)18)11-6-7-15-13(8-11)9-12-4-2-3-5-14(12)15/h2-8H,1,9H2,(H,17,18). The van der Waals surface area contributed by atoms with Crippen LogP contribution in [-0.4, -0.2) is 11.1 Å². The Balaban J connectivity index is 2.09. The van der Waals surface area contributed by atoms with E-state index in [2.05, 4.69) is 18.7 Å². The first-order valence-electron chi connectivity index (χ1n) is 5.80. The highest BCUT2D eigenvalue weighted by molar-refractivity contribution is 6.14. The molecule has 0 unspecified atom stereocenters. The fourth-order valence-electron chi connectivity index (χ4n) is 2.46. The second-order valence-corrected chi connectivity index (χ2v) is 4.49. The molecule has 88 valence electrons. The molecule has 1 aliphatic carbocycles. The lowest BCUT2D eigenvalue weighted by molar-refractivity contribution is -0.130. The lowest BCUT2D eigenvalue weighted by atomic mass is 10.00. The van der Waals surface area contributed by atoms with Gasteiger partial charge in [-0.15, -0.1) is 0 Å². The maximum atomic E-state index is 10.9. The average Bonchev–Trinajstić information content (AvgIpc) is 2.75. The first-order valence-corrected chi connectivity index (χ1v) is 5.80. The van der Waals surface area contributed by atoms with E-state index in [1.54, 1.807) is 0 Å². The van der Waals surface area contributed by atoms with E-state index in [-0.39, 0.29) is 5.57 Å². The predicted octanol–water partition coefficient (Wildman–Crippen LogP) is 3.36. The number of benzene rings is 2. The van der Waals surface area contributed by atoms with Crippen LogP contribution in [0.1, 0.15) is 16.7 Å². The lowest BCUT2D eigenvalue weighted by Crippen LogP contribution is -1.98. The van der Waals surface area contributed by atoms with Crippen molar-refractivity contribution in [3.8, 4) is 11.1 Å². The highest BCUT2D eigenvalue weighted by Crippen LogP contribution is 2.37. The van der Waals surface area contributed by atoms with Crippen molar-refractivity contribution in [1.82, 2.24) is 0 Å². The molecule has 0 amide bonds. The Bertz CT molecular complexity index is 669. The first-order chi connectivity index (χ1) is 8.66. The summed E-state index contributed by atoms with van der Waals surface area (Å²) >= 11 is 0. The third-order valence-electron chi connectivity index (χ3n) is 3.40. The summed E-state index contributed by atoms with van der Waals surface area (Å²) in [6.45, 7) is 3.60. The quantitative estimate of drug-likeness (QED) is 0.693. The van der Waals surface area contributed by atoms with E-state index in [0.717, 1.165) is 6.42 Å². The molecule has 0 aromatic heterocycles. The van der Waals surface area contributed by atoms with Crippen molar-refractivity contribution in [3.05, 3.63) is 65.7 Å². The molecule has 2 aromatic rings. The zero-order valence-corrected chi connectivity index (χ0v) is 9.81. The monoisotopic (exact) mass is 236 g/mol. The molecule has 0 spiro atoms. The van der Waals surface area contributed by atoms with Crippen molar-refractivity contribution in [2.75, 3.05) is 0 Å². The van der Waals surface area contributed by atoms with Crippen LogP contribution in [0.15, 0.2) is 49.0 Å². The molecule has 0 heterocycles. The number of carboxylic acid groups (broad SMARTS) is 1. The fourth-order valence-corrected chi connectivity index (χ4v) is 2.46. The van der Waals surface area contributed by atoms with Crippen LogP contribution in [0.4, 0.5) is 0 Å². The number of fused-ring (bicyclic) bond motifs is 3. The normalized spacial score (nSPS) is 11.8. The van der Waals surface area contributed by atoms with Gasteiger partial charge < -0.3 is 5.11 Å². The third kappa shape index (κ3) is 1.54. The number of carbonyl (C=O) groups is 1. The molecule has 0 fully saturated rings. The van der Waals surface area contributed by atoms with Crippen molar-refractivity contribution >= 4 is 11.5 Å². The van der Waals surface area contributed by atoms with E-state index in [4.69, 9.17) is 5.11 Å². The number of hydrogen-bond acceptors (Lipinski definition) is 1. The van der Waals surface area contributed by atoms with Gasteiger partial charge in [0.05, 0.1) is 5.57 Å². The molecule has 0 saturated carbocycles. The molecular weight excluding hydrogens is 224 g/mol. The molecule has 0 aliphatic heterocycles. The number of rotatable bonds is 2. The number of carboxylic acids is 1. The van der Waals surface area contributed by atoms with Crippen molar-refractivity contribution < 1.29 is 9.90 Å². The van der Waals surface area contributed by atoms with E-state index in [1.165, 1.54) is 22.3 Å². The molecule has 2 heteroatoms. The van der Waals surface area contributed by atoms with Gasteiger partial charge in [-0.2, -0.15) is 0 Å². The smallest absolute Gasteiger partial charge is 0.335 e. The molecule has 18 heavy (non-hydrogen) atoms. The molecule has 1 N–H and O–H groups in total. The largest absolute Gasteiger partial charge is 0.478 e. The van der Waals surface area contributed by atoms with Gasteiger partial charge in [0, 0.05) is 0 Å². The SMILES string of the molecule is C=C(C(=O)O)c1ccc2c(c1)Cc1ccccc1-2. The summed E-state index contributed by atoms with van der Waals surface area (Å²) < 4.78 is 0. The van der Waals surface area contributed by atoms with E-state index >= 15 is 0 Å². The van der Waals surface area contributed by atoms with Crippen LogP contribution >= 0.6 is 0 Å². The summed E-state index contributed by atoms with van der Waals surface area (Å²) in [5, 5.41) is 8.96. The Kier molecular flexibility index (Phi) is 2.30. The minimum Gasteiger partial charge on any atom is -0.478 e. The van der Waals surface area contributed by atoms with Crippen molar-refractivity contribution in [2.45, 2.75) is 6.42 Å². The Hall–Kier alpha value is -2.35. The Morgan fingerprint density at radius 1 is 1.06 bits per heavy atom. The van der Waals surface area contributed by atoms with Crippen LogP contribution in [-0.2, 0) is 11.2 Å². The third-order valence-corrected chi connectivity index (χ3v) is 3.40. The maximum absolute atomic E-state index is 10.9. The zero-order valence-electron chi connectivity index (χ0n) is 9.81. The van der Waals surface area contributed by atoms with Gasteiger partial charge in [-0.25, -0.2) is 4.79 Å². The van der Waals surface area contributed by atoms with E-state index in [9.17, 15) is 4.79 Å². The molecule has 0 atom stereocenters. The summed E-state index contributed by atoms with van der Waals surface area (Å²) in [5.74, 6) is -0.967. The van der Waals surface area contributed by atoms with Crippen LogP contribution < -0.4 is 0 Å². The molecule has 0 radical (unpaired) electrons. The summed E-state index contributed by atoms with van der Waals surface area (Å²) in [4.78, 5) is 10.9. The van der Waals surface area contributed by atoms with Crippen LogP contribution in [0.2, 0.25) is 0 Å². The zero-order chi connectivity index (χ0) is 12.7. The Morgan fingerprint density at radius 3 is 2.56 bits per heavy atom. The fraction of sp³-hybridized carbons (Fsp3) is 0.0625. The number of hydrogen-bond donors (Lipinski definition) is 1. The average molecular weight is 236 g/mol. The molecule has 0 bridgehead atoms. The summed E-state index contributed by atoms with van der Waals surface area (Å²) in [6.07, 6.45) is 0.867. The van der Waals surface area contributed by atoms with Crippen molar-refractivity contribution in [3.63, 3.8) is 0 Å². The summed E-state index contributed by atoms with van der Waals surface area (Å²) in [5.41, 5.74) is 5.76. The van der Waals surface area contributed by atoms with Gasteiger partial charge in [0.2, 0.25) is 0 Å². The van der Waals surface area contributed by atoms with Gasteiger partial charge in [0.15, 0.2) is 0 Å². The molecule has 3 rings (SSSR count).